The first-order valence-corrected chi connectivity index (χ1v) is 6.70. The van der Waals surface area contributed by atoms with Crippen molar-refractivity contribution in [2.24, 2.45) is 5.73 Å². The Balaban J connectivity index is 2.24. The molecule has 5 nitrogen and oxygen atoms in total. The Labute approximate surface area is 113 Å². The number of nitrogens with zero attached hydrogens (tertiary/aromatic N) is 1. The number of carbonyl (C=O) groups excluding carboxylic acids is 1. The smallest absolute Gasteiger partial charge is 0.248 e. The largest absolute Gasteiger partial charge is 0.397 e. The Bertz CT molecular complexity index is 462. The van der Waals surface area contributed by atoms with Gasteiger partial charge in [0.05, 0.1) is 11.4 Å². The lowest BCUT2D eigenvalue weighted by atomic mass is 10.1. The monoisotopic (exact) mass is 263 g/mol. The molecule has 0 aliphatic carbocycles. The molecular formula is C14H21N3O2. The average molecular weight is 263 g/mol. The van der Waals surface area contributed by atoms with E-state index in [0.29, 0.717) is 17.3 Å². The Hall–Kier alpha value is -1.75. The van der Waals surface area contributed by atoms with Crippen molar-refractivity contribution in [3.05, 3.63) is 23.8 Å². The van der Waals surface area contributed by atoms with E-state index in [2.05, 4.69) is 4.90 Å². The summed E-state index contributed by atoms with van der Waals surface area (Å²) in [5, 5.41) is 8.95. The zero-order valence-electron chi connectivity index (χ0n) is 11.0. The van der Waals surface area contributed by atoms with Gasteiger partial charge in [-0.15, -0.1) is 0 Å². The van der Waals surface area contributed by atoms with E-state index in [1.54, 1.807) is 18.2 Å². The van der Waals surface area contributed by atoms with Gasteiger partial charge in [-0.1, -0.05) is 0 Å². The maximum atomic E-state index is 11.3. The van der Waals surface area contributed by atoms with Crippen LogP contribution in [0.2, 0.25) is 0 Å². The number of carbonyl (C=O) groups is 1. The Morgan fingerprint density at radius 3 is 2.95 bits per heavy atom. The van der Waals surface area contributed by atoms with Gasteiger partial charge in [-0.05, 0) is 43.9 Å². The zero-order valence-corrected chi connectivity index (χ0v) is 11.0. The van der Waals surface area contributed by atoms with Crippen LogP contribution < -0.4 is 16.4 Å². The fourth-order valence-electron chi connectivity index (χ4n) is 2.73. The fraction of sp³-hybridized carbons (Fsp3) is 0.500. The van der Waals surface area contributed by atoms with Gasteiger partial charge in [0.2, 0.25) is 5.91 Å². The van der Waals surface area contributed by atoms with Gasteiger partial charge in [0, 0.05) is 24.8 Å². The minimum Gasteiger partial charge on any atom is -0.397 e. The summed E-state index contributed by atoms with van der Waals surface area (Å²) in [6.45, 7) is 1.14. The molecule has 0 aromatic heterocycles. The van der Waals surface area contributed by atoms with E-state index < -0.39 is 5.91 Å². The van der Waals surface area contributed by atoms with Gasteiger partial charge in [0.25, 0.3) is 0 Å². The number of benzene rings is 1. The predicted octanol–water partition coefficient (Wildman–Crippen LogP) is 1.11. The van der Waals surface area contributed by atoms with E-state index in [0.717, 1.165) is 37.9 Å². The van der Waals surface area contributed by atoms with E-state index >= 15 is 0 Å². The molecule has 1 aromatic rings. The number of anilines is 2. The maximum absolute atomic E-state index is 11.3. The second-order valence-corrected chi connectivity index (χ2v) is 4.99. The lowest BCUT2D eigenvalue weighted by Gasteiger charge is -2.28. The number of hydrogen-bond acceptors (Lipinski definition) is 4. The van der Waals surface area contributed by atoms with E-state index in [-0.39, 0.29) is 6.61 Å². The maximum Gasteiger partial charge on any atom is 0.248 e. The van der Waals surface area contributed by atoms with Gasteiger partial charge in [-0.25, -0.2) is 0 Å². The van der Waals surface area contributed by atoms with Crippen LogP contribution in [0.4, 0.5) is 11.4 Å². The number of aliphatic hydroxyl groups is 1. The molecule has 0 bridgehead atoms. The van der Waals surface area contributed by atoms with Crippen LogP contribution in [0.25, 0.3) is 0 Å². The highest BCUT2D eigenvalue weighted by Crippen LogP contribution is 2.32. The standard InChI is InChI=1S/C14H21N3O2/c15-12-6-5-10(14(16)19)9-13(12)17-7-1-3-11(17)4-2-8-18/h5-6,9,11,18H,1-4,7-8,15H2,(H2,16,19). The highest BCUT2D eigenvalue weighted by atomic mass is 16.2. The van der Waals surface area contributed by atoms with Gasteiger partial charge < -0.3 is 21.5 Å². The Morgan fingerprint density at radius 2 is 2.26 bits per heavy atom. The molecule has 5 heteroatoms. The second-order valence-electron chi connectivity index (χ2n) is 4.99. The van der Waals surface area contributed by atoms with Crippen LogP contribution in [0.1, 0.15) is 36.0 Å². The molecule has 0 saturated carbocycles. The summed E-state index contributed by atoms with van der Waals surface area (Å²) in [6.07, 6.45) is 3.93. The van der Waals surface area contributed by atoms with Crippen LogP contribution >= 0.6 is 0 Å². The molecule has 0 radical (unpaired) electrons. The molecular weight excluding hydrogens is 242 g/mol. The molecule has 1 aromatic carbocycles. The van der Waals surface area contributed by atoms with Gasteiger partial charge in [-0.3, -0.25) is 4.79 Å². The van der Waals surface area contributed by atoms with Crippen LogP contribution in [0.15, 0.2) is 18.2 Å². The first-order chi connectivity index (χ1) is 9.13. The molecule has 5 N–H and O–H groups in total. The second kappa shape index (κ2) is 5.93. The summed E-state index contributed by atoms with van der Waals surface area (Å²) in [7, 11) is 0. The van der Waals surface area contributed by atoms with Crippen molar-refractivity contribution < 1.29 is 9.90 Å². The van der Waals surface area contributed by atoms with Gasteiger partial charge >= 0.3 is 0 Å². The van der Waals surface area contributed by atoms with Crippen LogP contribution in [0.5, 0.6) is 0 Å². The SMILES string of the molecule is NC(=O)c1ccc(N)c(N2CCCC2CCCO)c1. The normalized spacial score (nSPS) is 18.8. The molecule has 2 rings (SSSR count). The first kappa shape index (κ1) is 13.7. The number of primary amides is 1. The minimum absolute atomic E-state index is 0.209. The summed E-state index contributed by atoms with van der Waals surface area (Å²) in [5.74, 6) is -0.438. The van der Waals surface area contributed by atoms with E-state index in [9.17, 15) is 4.79 Å². The lowest BCUT2D eigenvalue weighted by molar-refractivity contribution is 0.100. The quantitative estimate of drug-likeness (QED) is 0.694. The third kappa shape index (κ3) is 2.98. The summed E-state index contributed by atoms with van der Waals surface area (Å²) in [6, 6.07) is 5.55. The van der Waals surface area contributed by atoms with Crippen molar-refractivity contribution >= 4 is 17.3 Å². The van der Waals surface area contributed by atoms with Crippen LogP contribution in [0.3, 0.4) is 0 Å². The fourth-order valence-corrected chi connectivity index (χ4v) is 2.73. The lowest BCUT2D eigenvalue weighted by Crippen LogP contribution is -2.30. The third-order valence-electron chi connectivity index (χ3n) is 3.70. The van der Waals surface area contributed by atoms with Crippen molar-refractivity contribution in [2.75, 3.05) is 23.8 Å². The molecule has 1 amide bonds. The molecule has 1 heterocycles. The number of rotatable bonds is 5. The van der Waals surface area contributed by atoms with Crippen LogP contribution in [-0.2, 0) is 0 Å². The average Bonchev–Trinajstić information content (AvgIpc) is 2.84. The predicted molar refractivity (Wildman–Crippen MR) is 76.1 cm³/mol. The highest BCUT2D eigenvalue weighted by Gasteiger charge is 2.26. The molecule has 1 aliphatic heterocycles. The van der Waals surface area contributed by atoms with E-state index in [1.807, 2.05) is 0 Å². The molecule has 1 saturated heterocycles. The molecule has 0 spiro atoms. The number of amides is 1. The number of aliphatic hydroxyl groups excluding tert-OH is 1. The number of nitrogen functional groups attached to an aromatic ring is 1. The number of hydrogen-bond donors (Lipinski definition) is 3. The van der Waals surface area contributed by atoms with Crippen molar-refractivity contribution in [1.82, 2.24) is 0 Å². The molecule has 19 heavy (non-hydrogen) atoms. The summed E-state index contributed by atoms with van der Waals surface area (Å²) in [5.41, 5.74) is 13.4. The van der Waals surface area contributed by atoms with Gasteiger partial charge in [0.1, 0.15) is 0 Å². The topological polar surface area (TPSA) is 92.6 Å². The van der Waals surface area contributed by atoms with Gasteiger partial charge in [0.15, 0.2) is 0 Å². The van der Waals surface area contributed by atoms with Crippen LogP contribution in [0, 0.1) is 0 Å². The van der Waals surface area contributed by atoms with Crippen molar-refractivity contribution in [2.45, 2.75) is 31.7 Å². The molecule has 1 unspecified atom stereocenters. The summed E-state index contributed by atoms with van der Waals surface area (Å²) < 4.78 is 0. The van der Waals surface area contributed by atoms with Crippen LogP contribution in [-0.4, -0.2) is 30.2 Å². The minimum atomic E-state index is -0.438. The van der Waals surface area contributed by atoms with E-state index in [4.69, 9.17) is 16.6 Å². The third-order valence-corrected chi connectivity index (χ3v) is 3.70. The van der Waals surface area contributed by atoms with Crippen molar-refractivity contribution in [3.8, 4) is 0 Å². The van der Waals surface area contributed by atoms with Crippen molar-refractivity contribution in [1.29, 1.82) is 0 Å². The van der Waals surface area contributed by atoms with E-state index in [1.165, 1.54) is 0 Å². The summed E-state index contributed by atoms with van der Waals surface area (Å²) >= 11 is 0. The zero-order chi connectivity index (χ0) is 13.8. The molecule has 1 fully saturated rings. The number of nitrogens with two attached hydrogens (primary N) is 2. The molecule has 1 aliphatic rings. The first-order valence-electron chi connectivity index (χ1n) is 6.70. The van der Waals surface area contributed by atoms with Crippen molar-refractivity contribution in [3.63, 3.8) is 0 Å². The summed E-state index contributed by atoms with van der Waals surface area (Å²) in [4.78, 5) is 13.5. The Kier molecular flexibility index (Phi) is 4.27. The van der Waals surface area contributed by atoms with Gasteiger partial charge in [-0.2, -0.15) is 0 Å². The molecule has 1 atom stereocenters. The molecule has 104 valence electrons. The Morgan fingerprint density at radius 1 is 1.47 bits per heavy atom. The highest BCUT2D eigenvalue weighted by molar-refractivity contribution is 5.95.